The van der Waals surface area contributed by atoms with E-state index in [0.717, 1.165) is 6.92 Å². The van der Waals surface area contributed by atoms with E-state index in [-0.39, 0.29) is 0 Å². The summed E-state index contributed by atoms with van der Waals surface area (Å²) in [6.07, 6.45) is -30.2. The molecule has 1 amide bonds. The van der Waals surface area contributed by atoms with Crippen molar-refractivity contribution in [1.29, 1.82) is 0 Å². The Labute approximate surface area is 271 Å². The molecule has 0 aromatic rings. The van der Waals surface area contributed by atoms with E-state index in [0.29, 0.717) is 0 Å². The van der Waals surface area contributed by atoms with E-state index < -0.39 is 154 Å². The molecular weight excluding hydrogens is 662 g/mol. The fourth-order valence-corrected chi connectivity index (χ4v) is 5.70. The van der Waals surface area contributed by atoms with E-state index in [2.05, 4.69) is 5.32 Å². The Hall–Kier alpha value is -2.07. The van der Waals surface area contributed by atoms with Crippen LogP contribution in [0.4, 0.5) is 0 Å². The number of carbonyl (C=O) groups excluding carboxylic acids is 1. The first-order chi connectivity index (χ1) is 22.7. The monoisotopic (exact) mass is 705 g/mol. The largest absolute Gasteiger partial charge is 0.504 e. The van der Waals surface area contributed by atoms with Crippen molar-refractivity contribution in [2.24, 2.45) is 0 Å². The third-order valence-electron chi connectivity index (χ3n) is 8.34. The average Bonchev–Trinajstić information content (AvgIpc) is 3.06. The Kier molecular flexibility index (Phi) is 13.2. The number of carbonyl (C=O) groups is 1. The lowest BCUT2D eigenvalue weighted by atomic mass is 9.94. The van der Waals surface area contributed by atoms with Crippen molar-refractivity contribution in [3.63, 3.8) is 0 Å². The Morgan fingerprint density at radius 3 is 1.79 bits per heavy atom. The molecule has 0 aromatic carbocycles. The Morgan fingerprint density at radius 1 is 0.646 bits per heavy atom. The van der Waals surface area contributed by atoms with Crippen LogP contribution in [-0.4, -0.2) is 209 Å². The van der Waals surface area contributed by atoms with Crippen LogP contribution in [0, 0.1) is 0 Å². The van der Waals surface area contributed by atoms with Crippen LogP contribution in [0.15, 0.2) is 11.7 Å². The van der Waals surface area contributed by atoms with Crippen molar-refractivity contribution in [2.75, 3.05) is 26.4 Å². The molecule has 22 nitrogen and oxygen atoms in total. The number of aliphatic hydroxyl groups excluding tert-OH is 13. The second-order valence-electron chi connectivity index (χ2n) is 11.6. The van der Waals surface area contributed by atoms with Crippen molar-refractivity contribution in [3.8, 4) is 0 Å². The number of ether oxygens (including phenoxy) is 7. The molecule has 3 saturated heterocycles. The summed E-state index contributed by atoms with van der Waals surface area (Å²) in [6.45, 7) is -2.45. The van der Waals surface area contributed by atoms with Crippen molar-refractivity contribution in [3.05, 3.63) is 11.7 Å². The maximum Gasteiger partial charge on any atom is 0.322 e. The van der Waals surface area contributed by atoms with Gasteiger partial charge in [0.05, 0.1) is 26.4 Å². The molecule has 0 bridgehead atoms. The molecule has 0 spiro atoms. The molecule has 4 aliphatic heterocycles. The van der Waals surface area contributed by atoms with Crippen molar-refractivity contribution < 1.29 is 104 Å². The number of nitrogens with one attached hydrogen (secondary N) is 1. The zero-order chi connectivity index (χ0) is 35.6. The first-order valence-corrected chi connectivity index (χ1v) is 14.9. The van der Waals surface area contributed by atoms with Crippen LogP contribution in [-0.2, 0) is 38.0 Å². The second-order valence-corrected chi connectivity index (χ2v) is 11.6. The normalized spacial score (nSPS) is 46.9. The van der Waals surface area contributed by atoms with Gasteiger partial charge in [-0.1, -0.05) is 0 Å². The summed E-state index contributed by atoms with van der Waals surface area (Å²) in [6, 6.07) is -1.64. The standard InChI is InChI=1S/C26H43NO21/c1-6(32)27-11-14(35)20(46-25-18(39)15(36)12(33)7(2-28)43-25)10(5-31)45-24(11)48-22-13(34)8(3-29)44-26(19(22)40)47-21-9(4-30)42-23(41)17(38)16(21)37/h7-17,19-24,26,28-31,33-41H,2-5H2,1H3,(H,27,32)/t7?,8?,9?,10?,11?,12-,13-,14?,15?,16?,17?,19?,20+,21+,22?,23?,24-,26-/m0/s1. The lowest BCUT2D eigenvalue weighted by molar-refractivity contribution is -0.373. The van der Waals surface area contributed by atoms with Crippen LogP contribution in [0.25, 0.3) is 0 Å². The van der Waals surface area contributed by atoms with Crippen molar-refractivity contribution in [1.82, 2.24) is 5.32 Å². The van der Waals surface area contributed by atoms with E-state index in [1.807, 2.05) is 0 Å². The average molecular weight is 706 g/mol. The second kappa shape index (κ2) is 16.3. The van der Waals surface area contributed by atoms with Crippen LogP contribution >= 0.6 is 0 Å². The first kappa shape index (κ1) is 38.7. The van der Waals surface area contributed by atoms with E-state index in [1.165, 1.54) is 0 Å². The third-order valence-corrected chi connectivity index (χ3v) is 8.34. The van der Waals surface area contributed by atoms with E-state index in [4.69, 9.17) is 33.2 Å². The van der Waals surface area contributed by atoms with Gasteiger partial charge in [-0.2, -0.15) is 0 Å². The molecule has 0 radical (unpaired) electrons. The summed E-state index contributed by atoms with van der Waals surface area (Å²) in [7, 11) is 0. The number of aliphatic hydroxyl groups is 13. The first-order valence-electron chi connectivity index (χ1n) is 14.9. The zero-order valence-corrected chi connectivity index (χ0v) is 25.3. The molecule has 0 aromatic heterocycles. The third kappa shape index (κ3) is 7.79. The summed E-state index contributed by atoms with van der Waals surface area (Å²) in [5.41, 5.74) is 0. The lowest BCUT2D eigenvalue weighted by Gasteiger charge is -2.49. The molecule has 4 aliphatic rings. The van der Waals surface area contributed by atoms with Gasteiger partial charge in [0, 0.05) is 6.92 Å². The molecule has 12 unspecified atom stereocenters. The fraction of sp³-hybridized carbons (Fsp3) is 0.885. The van der Waals surface area contributed by atoms with Crippen LogP contribution in [0.2, 0.25) is 0 Å². The molecule has 3 fully saturated rings. The smallest absolute Gasteiger partial charge is 0.322 e. The molecule has 14 N–H and O–H groups in total. The minimum atomic E-state index is -2.03. The minimum absolute atomic E-state index is 0.767. The molecule has 22 heteroatoms. The van der Waals surface area contributed by atoms with Crippen LogP contribution in [0.1, 0.15) is 6.92 Å². The number of hydrogen-bond acceptors (Lipinski definition) is 21. The van der Waals surface area contributed by atoms with Gasteiger partial charge in [0.2, 0.25) is 11.7 Å². The zero-order valence-electron chi connectivity index (χ0n) is 25.3. The molecule has 0 aliphatic carbocycles. The summed E-state index contributed by atoms with van der Waals surface area (Å²) >= 11 is 0. The van der Waals surface area contributed by atoms with Gasteiger partial charge in [-0.25, -0.2) is 0 Å². The highest BCUT2D eigenvalue weighted by atomic mass is 16.8. The minimum Gasteiger partial charge on any atom is -0.504 e. The summed E-state index contributed by atoms with van der Waals surface area (Å²) in [5, 5.41) is 136. The van der Waals surface area contributed by atoms with Gasteiger partial charge in [-0.15, -0.1) is 0 Å². The Balaban J connectivity index is 1.58. The quantitative estimate of drug-likeness (QED) is 0.0948. The van der Waals surface area contributed by atoms with Crippen LogP contribution < -0.4 is 5.32 Å². The van der Waals surface area contributed by atoms with Gasteiger partial charge < -0.3 is 105 Å². The Morgan fingerprint density at radius 2 is 1.21 bits per heavy atom. The summed E-state index contributed by atoms with van der Waals surface area (Å²) < 4.78 is 38.3. The maximum atomic E-state index is 12.1. The maximum absolute atomic E-state index is 12.1. The summed E-state index contributed by atoms with van der Waals surface area (Å²) in [5.74, 6) is -2.65. The predicted octanol–water partition coefficient (Wildman–Crippen LogP) is -8.56. The highest BCUT2D eigenvalue weighted by Crippen LogP contribution is 2.34. The number of hydrogen-bond donors (Lipinski definition) is 14. The number of rotatable bonds is 11. The van der Waals surface area contributed by atoms with Crippen molar-refractivity contribution in [2.45, 2.75) is 117 Å². The SMILES string of the molecule is CC(=O)NC1C(O)[C@H](OC2=C(O)C(O)[C@@H](O)C(CO)O2)C(CO)O[C@H]1OC1C(O)[C@H](O[C@@H]2C(CO)OC(O)C(O)C2O)OC(CO)[C@@H]1O. The van der Waals surface area contributed by atoms with E-state index in [1.54, 1.807) is 0 Å². The Bertz CT molecular complexity index is 1100. The van der Waals surface area contributed by atoms with Crippen LogP contribution in [0.3, 0.4) is 0 Å². The van der Waals surface area contributed by atoms with Crippen molar-refractivity contribution >= 4 is 5.91 Å². The van der Waals surface area contributed by atoms with E-state index in [9.17, 15) is 71.2 Å². The molecule has 0 saturated carbocycles. The fourth-order valence-electron chi connectivity index (χ4n) is 5.70. The predicted molar refractivity (Wildman–Crippen MR) is 145 cm³/mol. The highest BCUT2D eigenvalue weighted by Gasteiger charge is 2.55. The molecule has 278 valence electrons. The molecule has 4 rings (SSSR count). The van der Waals surface area contributed by atoms with E-state index >= 15 is 0 Å². The van der Waals surface area contributed by atoms with Gasteiger partial charge in [-0.3, -0.25) is 4.79 Å². The van der Waals surface area contributed by atoms with Gasteiger partial charge in [0.1, 0.15) is 79.3 Å². The molecular formula is C26H43NO21. The molecule has 4 heterocycles. The van der Waals surface area contributed by atoms with Gasteiger partial charge in [0.25, 0.3) is 0 Å². The molecule has 18 atom stereocenters. The molecule has 48 heavy (non-hydrogen) atoms. The lowest BCUT2D eigenvalue weighted by Crippen LogP contribution is -2.69. The van der Waals surface area contributed by atoms with Gasteiger partial charge in [-0.05, 0) is 0 Å². The van der Waals surface area contributed by atoms with Gasteiger partial charge in [0.15, 0.2) is 31.1 Å². The topological polar surface area (TPSA) is 357 Å². The van der Waals surface area contributed by atoms with Crippen LogP contribution in [0.5, 0.6) is 0 Å². The highest BCUT2D eigenvalue weighted by molar-refractivity contribution is 5.73. The number of amides is 1. The van der Waals surface area contributed by atoms with Gasteiger partial charge >= 0.3 is 5.95 Å². The summed E-state index contributed by atoms with van der Waals surface area (Å²) in [4.78, 5) is 12.1.